The van der Waals surface area contributed by atoms with E-state index in [2.05, 4.69) is 35.6 Å². The van der Waals surface area contributed by atoms with Crippen LogP contribution in [0.5, 0.6) is 0 Å². The number of fused-ring (bicyclic) bond motifs is 1. The third-order valence-corrected chi connectivity index (χ3v) is 9.05. The van der Waals surface area contributed by atoms with Crippen LogP contribution in [-0.2, 0) is 13.1 Å². The SMILES string of the molecule is Cc1cc(CN(Cc2cn(C3CC3)c3cc(N4CC[C@@H](O)C4)c(F)cc3c2=O)C2CCCN(c3noc(C)n3)C2)ccn1. The lowest BCUT2D eigenvalue weighted by Crippen LogP contribution is -2.48. The summed E-state index contributed by atoms with van der Waals surface area (Å²) >= 11 is 0. The van der Waals surface area contributed by atoms with E-state index in [1.165, 1.54) is 6.07 Å². The van der Waals surface area contributed by atoms with Gasteiger partial charge < -0.3 is 24.0 Å². The Morgan fingerprint density at radius 3 is 2.65 bits per heavy atom. The summed E-state index contributed by atoms with van der Waals surface area (Å²) < 4.78 is 23.0. The molecule has 0 bridgehead atoms. The van der Waals surface area contributed by atoms with Crippen molar-refractivity contribution in [1.29, 1.82) is 0 Å². The van der Waals surface area contributed by atoms with Gasteiger partial charge >= 0.3 is 0 Å². The maximum absolute atomic E-state index is 15.5. The molecular formula is C32H38FN7O3. The molecule has 1 saturated carbocycles. The normalized spacial score (nSPS) is 21.0. The quantitative estimate of drug-likeness (QED) is 0.326. The summed E-state index contributed by atoms with van der Waals surface area (Å²) in [5.41, 5.74) is 3.84. The molecule has 43 heavy (non-hydrogen) atoms. The van der Waals surface area contributed by atoms with Crippen LogP contribution < -0.4 is 15.2 Å². The van der Waals surface area contributed by atoms with Crippen LogP contribution in [0.4, 0.5) is 16.0 Å². The molecule has 0 spiro atoms. The number of hydrogen-bond acceptors (Lipinski definition) is 9. The molecule has 3 fully saturated rings. The van der Waals surface area contributed by atoms with E-state index in [4.69, 9.17) is 4.52 Å². The van der Waals surface area contributed by atoms with Crippen LogP contribution in [-0.4, -0.2) is 68.0 Å². The molecule has 1 aromatic carbocycles. The van der Waals surface area contributed by atoms with Crippen LogP contribution in [0.25, 0.3) is 10.9 Å². The Bertz CT molecular complexity index is 1700. The molecule has 0 amide bonds. The number of aliphatic hydroxyl groups excluding tert-OH is 1. The van der Waals surface area contributed by atoms with Gasteiger partial charge in [0.05, 0.1) is 17.3 Å². The van der Waals surface area contributed by atoms with Gasteiger partial charge in [0.15, 0.2) is 5.43 Å². The molecule has 1 N–H and O–H groups in total. The highest BCUT2D eigenvalue weighted by molar-refractivity contribution is 5.84. The molecular weight excluding hydrogens is 549 g/mol. The number of nitrogens with zero attached hydrogens (tertiary/aromatic N) is 7. The summed E-state index contributed by atoms with van der Waals surface area (Å²) in [7, 11) is 0. The fourth-order valence-corrected chi connectivity index (χ4v) is 6.71. The highest BCUT2D eigenvalue weighted by Crippen LogP contribution is 2.38. The van der Waals surface area contributed by atoms with E-state index >= 15 is 4.39 Å². The molecule has 2 atom stereocenters. The number of β-amino-alcohol motifs (C(OH)–C–C–N with tert-alkyl or cyclic N) is 1. The summed E-state index contributed by atoms with van der Waals surface area (Å²) in [5.74, 6) is 0.718. The van der Waals surface area contributed by atoms with Gasteiger partial charge in [-0.05, 0) is 74.0 Å². The first-order valence-corrected chi connectivity index (χ1v) is 15.3. The lowest BCUT2D eigenvalue weighted by Gasteiger charge is -2.39. The summed E-state index contributed by atoms with van der Waals surface area (Å²) in [5, 5.41) is 14.6. The minimum Gasteiger partial charge on any atom is -0.391 e. The van der Waals surface area contributed by atoms with Crippen LogP contribution >= 0.6 is 0 Å². The molecule has 3 aromatic heterocycles. The number of pyridine rings is 2. The Labute approximate surface area is 249 Å². The monoisotopic (exact) mass is 587 g/mol. The smallest absolute Gasteiger partial charge is 0.266 e. The summed E-state index contributed by atoms with van der Waals surface area (Å²) in [6.45, 7) is 7.43. The van der Waals surface area contributed by atoms with E-state index in [0.717, 1.165) is 49.0 Å². The van der Waals surface area contributed by atoms with E-state index < -0.39 is 11.9 Å². The van der Waals surface area contributed by atoms with Gasteiger partial charge in [0.1, 0.15) is 5.82 Å². The Morgan fingerprint density at radius 1 is 1.07 bits per heavy atom. The average molecular weight is 588 g/mol. The van der Waals surface area contributed by atoms with Gasteiger partial charge in [0, 0.05) is 87.3 Å². The van der Waals surface area contributed by atoms with Gasteiger partial charge in [-0.2, -0.15) is 4.98 Å². The Balaban J connectivity index is 1.25. The number of aliphatic hydroxyl groups is 1. The molecule has 2 saturated heterocycles. The average Bonchev–Trinajstić information content (AvgIpc) is 3.60. The number of anilines is 2. The summed E-state index contributed by atoms with van der Waals surface area (Å²) in [6.07, 6.45) is 8.00. The number of benzene rings is 1. The zero-order chi connectivity index (χ0) is 29.7. The van der Waals surface area contributed by atoms with Gasteiger partial charge in [-0.1, -0.05) is 0 Å². The number of aromatic nitrogens is 4. The molecule has 1 aliphatic carbocycles. The lowest BCUT2D eigenvalue weighted by molar-refractivity contribution is 0.157. The van der Waals surface area contributed by atoms with Crippen LogP contribution in [0.2, 0.25) is 0 Å². The third kappa shape index (κ3) is 5.75. The minimum atomic E-state index is -0.460. The van der Waals surface area contributed by atoms with Gasteiger partial charge in [0.25, 0.3) is 5.95 Å². The first kappa shape index (κ1) is 28.0. The first-order chi connectivity index (χ1) is 20.8. The van der Waals surface area contributed by atoms with E-state index in [1.807, 2.05) is 36.4 Å². The van der Waals surface area contributed by atoms with E-state index in [9.17, 15) is 9.90 Å². The highest BCUT2D eigenvalue weighted by Gasteiger charge is 2.31. The summed E-state index contributed by atoms with van der Waals surface area (Å²) in [6, 6.07) is 7.79. The van der Waals surface area contributed by atoms with Crippen LogP contribution in [0.1, 0.15) is 60.9 Å². The summed E-state index contributed by atoms with van der Waals surface area (Å²) in [4.78, 5) is 29.3. The van der Waals surface area contributed by atoms with Gasteiger partial charge in [0.2, 0.25) is 5.89 Å². The van der Waals surface area contributed by atoms with Crippen molar-refractivity contribution in [2.75, 3.05) is 36.0 Å². The molecule has 5 heterocycles. The zero-order valence-electron chi connectivity index (χ0n) is 24.7. The second kappa shape index (κ2) is 11.3. The molecule has 0 radical (unpaired) electrons. The second-order valence-electron chi connectivity index (χ2n) is 12.4. The molecule has 4 aromatic rings. The lowest BCUT2D eigenvalue weighted by atomic mass is 10.0. The standard InChI is InChI=1S/C32H38FN7O3/c1-20-12-22(7-9-34-20)15-39(25-4-3-10-38(18-25)32-35-21(2)43-36-32)16-23-17-40(24-5-6-24)29-14-30(37-11-8-26(41)19-37)28(33)13-27(29)31(23)42/h7,9,12-14,17,24-26,41H,3-6,8,10-11,15-16,18-19H2,1-2H3/t25?,26-/m1/s1. The van der Waals surface area contributed by atoms with E-state index in [0.29, 0.717) is 73.7 Å². The van der Waals surface area contributed by atoms with Crippen molar-refractivity contribution < 1.29 is 14.0 Å². The Kier molecular flexibility index (Phi) is 7.38. The molecule has 3 aliphatic rings. The molecule has 7 rings (SSSR count). The predicted octanol–water partition coefficient (Wildman–Crippen LogP) is 4.11. The van der Waals surface area contributed by atoms with E-state index in [1.54, 1.807) is 6.92 Å². The Morgan fingerprint density at radius 2 is 1.93 bits per heavy atom. The molecule has 11 heteroatoms. The van der Waals surface area contributed by atoms with Crippen LogP contribution in [0.15, 0.2) is 46.0 Å². The number of halogens is 1. The number of hydrogen-bond donors (Lipinski definition) is 1. The Hall–Kier alpha value is -3.83. The molecule has 10 nitrogen and oxygen atoms in total. The number of aryl methyl sites for hydroxylation is 2. The fraction of sp³-hybridized carbons (Fsp3) is 0.500. The van der Waals surface area contributed by atoms with Crippen molar-refractivity contribution in [1.82, 2.24) is 24.6 Å². The van der Waals surface area contributed by atoms with Crippen molar-refractivity contribution in [2.24, 2.45) is 0 Å². The second-order valence-corrected chi connectivity index (χ2v) is 12.4. The van der Waals surface area contributed by atoms with Crippen LogP contribution in [0, 0.1) is 19.7 Å². The molecule has 1 unspecified atom stereocenters. The highest BCUT2D eigenvalue weighted by atomic mass is 19.1. The van der Waals surface area contributed by atoms with E-state index in [-0.39, 0.29) is 11.5 Å². The molecule has 226 valence electrons. The van der Waals surface area contributed by atoms with Gasteiger partial charge in [-0.15, -0.1) is 0 Å². The van der Waals surface area contributed by atoms with Crippen molar-refractivity contribution in [2.45, 2.75) is 77.2 Å². The minimum absolute atomic E-state index is 0.129. The fourth-order valence-electron chi connectivity index (χ4n) is 6.71. The largest absolute Gasteiger partial charge is 0.391 e. The first-order valence-electron chi connectivity index (χ1n) is 15.3. The van der Waals surface area contributed by atoms with Crippen molar-refractivity contribution in [3.63, 3.8) is 0 Å². The number of piperidine rings is 1. The maximum Gasteiger partial charge on any atom is 0.266 e. The topological polar surface area (TPSA) is 104 Å². The van der Waals surface area contributed by atoms with Gasteiger partial charge in [-0.3, -0.25) is 14.7 Å². The number of rotatable bonds is 8. The predicted molar refractivity (Wildman–Crippen MR) is 162 cm³/mol. The maximum atomic E-state index is 15.5. The van der Waals surface area contributed by atoms with Crippen molar-refractivity contribution >= 4 is 22.5 Å². The molecule has 2 aliphatic heterocycles. The van der Waals surface area contributed by atoms with Crippen LogP contribution in [0.3, 0.4) is 0 Å². The van der Waals surface area contributed by atoms with Crippen molar-refractivity contribution in [3.05, 3.63) is 75.4 Å². The van der Waals surface area contributed by atoms with Gasteiger partial charge in [-0.25, -0.2) is 4.39 Å². The third-order valence-electron chi connectivity index (χ3n) is 9.05. The van der Waals surface area contributed by atoms with Crippen molar-refractivity contribution in [3.8, 4) is 0 Å². The zero-order valence-corrected chi connectivity index (χ0v) is 24.7.